The first-order valence-corrected chi connectivity index (χ1v) is 5.99. The van der Waals surface area contributed by atoms with E-state index in [1.807, 2.05) is 0 Å². The van der Waals surface area contributed by atoms with Crippen molar-refractivity contribution < 1.29 is 14.3 Å². The Hall–Kier alpha value is -1.58. The maximum absolute atomic E-state index is 11.8. The third kappa shape index (κ3) is 2.96. The minimum atomic E-state index is -0.347. The fourth-order valence-electron chi connectivity index (χ4n) is 1.82. The first kappa shape index (κ1) is 13.5. The van der Waals surface area contributed by atoms with E-state index in [9.17, 15) is 9.59 Å². The molecule has 1 rings (SSSR count). The fourth-order valence-corrected chi connectivity index (χ4v) is 1.82. The number of aldehydes is 1. The number of carbonyl (C=O) groups excluding carboxylic acids is 2. The zero-order chi connectivity index (χ0) is 12.8. The molecule has 0 fully saturated rings. The molecular weight excluding hydrogens is 218 g/mol. The Morgan fingerprint density at radius 1 is 1.41 bits per heavy atom. The minimum Gasteiger partial charge on any atom is -0.462 e. The molecule has 0 amide bonds. The monoisotopic (exact) mass is 237 g/mol. The molecule has 0 aliphatic carbocycles. The van der Waals surface area contributed by atoms with Gasteiger partial charge in [-0.2, -0.15) is 0 Å². The van der Waals surface area contributed by atoms with Gasteiger partial charge >= 0.3 is 5.97 Å². The third-order valence-electron chi connectivity index (χ3n) is 2.74. The maximum atomic E-state index is 11.8. The number of esters is 1. The normalized spacial score (nSPS) is 10.3. The number of unbranched alkanes of at least 4 members (excludes halogenated alkanes) is 1. The van der Waals surface area contributed by atoms with Crippen LogP contribution < -0.4 is 0 Å². The lowest BCUT2D eigenvalue weighted by atomic mass is 10.1. The van der Waals surface area contributed by atoms with E-state index in [-0.39, 0.29) is 5.97 Å². The molecule has 1 aromatic rings. The molecule has 0 unspecified atom stereocenters. The average Bonchev–Trinajstić information content (AvgIpc) is 2.63. The predicted octanol–water partition coefficient (Wildman–Crippen LogP) is 2.65. The Labute approximate surface area is 101 Å². The lowest BCUT2D eigenvalue weighted by Gasteiger charge is -2.04. The molecule has 1 aromatic heterocycles. The maximum Gasteiger partial charge on any atom is 0.340 e. The first-order chi connectivity index (χ1) is 8.15. The van der Waals surface area contributed by atoms with Crippen LogP contribution in [0.15, 0.2) is 0 Å². The largest absolute Gasteiger partial charge is 0.462 e. The Balaban J connectivity index is 3.09. The highest BCUT2D eigenvalue weighted by atomic mass is 16.5. The first-order valence-electron chi connectivity index (χ1n) is 5.99. The second kappa shape index (κ2) is 6.23. The van der Waals surface area contributed by atoms with E-state index in [2.05, 4.69) is 11.9 Å². The molecule has 1 N–H and O–H groups in total. The standard InChI is InChI=1S/C13H19NO3/c1-4-6-7-10-12(13(16)17-5-2)9(3)11(8-15)14-10/h8,14H,4-7H2,1-3H3. The summed E-state index contributed by atoms with van der Waals surface area (Å²) in [5.74, 6) is -0.347. The van der Waals surface area contributed by atoms with Gasteiger partial charge in [0, 0.05) is 5.69 Å². The van der Waals surface area contributed by atoms with Crippen LogP contribution in [-0.4, -0.2) is 23.8 Å². The second-order valence-corrected chi connectivity index (χ2v) is 3.96. The van der Waals surface area contributed by atoms with Gasteiger partial charge in [-0.3, -0.25) is 4.79 Å². The lowest BCUT2D eigenvalue weighted by Crippen LogP contribution is -2.08. The van der Waals surface area contributed by atoms with E-state index in [1.54, 1.807) is 13.8 Å². The van der Waals surface area contributed by atoms with E-state index >= 15 is 0 Å². The highest BCUT2D eigenvalue weighted by Gasteiger charge is 2.20. The van der Waals surface area contributed by atoms with Gasteiger partial charge in [0.2, 0.25) is 0 Å². The summed E-state index contributed by atoms with van der Waals surface area (Å²) in [6, 6.07) is 0. The number of nitrogens with one attached hydrogen (secondary N) is 1. The van der Waals surface area contributed by atoms with Crippen LogP contribution in [0.3, 0.4) is 0 Å². The molecule has 94 valence electrons. The van der Waals surface area contributed by atoms with Gasteiger partial charge in [0.05, 0.1) is 17.9 Å². The summed E-state index contributed by atoms with van der Waals surface area (Å²) in [6.07, 6.45) is 3.52. The van der Waals surface area contributed by atoms with Crippen molar-refractivity contribution in [1.82, 2.24) is 4.98 Å². The molecule has 0 bridgehead atoms. The number of aromatic amines is 1. The summed E-state index contributed by atoms with van der Waals surface area (Å²) < 4.78 is 5.01. The summed E-state index contributed by atoms with van der Waals surface area (Å²) in [5.41, 5.74) is 2.50. The summed E-state index contributed by atoms with van der Waals surface area (Å²) in [4.78, 5) is 25.7. The van der Waals surface area contributed by atoms with Crippen molar-refractivity contribution in [2.75, 3.05) is 6.61 Å². The van der Waals surface area contributed by atoms with Gasteiger partial charge in [-0.05, 0) is 32.3 Å². The van der Waals surface area contributed by atoms with Crippen molar-refractivity contribution in [3.05, 3.63) is 22.5 Å². The Bertz CT molecular complexity index is 407. The second-order valence-electron chi connectivity index (χ2n) is 3.96. The van der Waals surface area contributed by atoms with E-state index < -0.39 is 0 Å². The number of H-pyrrole nitrogens is 1. The van der Waals surface area contributed by atoms with Gasteiger partial charge < -0.3 is 9.72 Å². The van der Waals surface area contributed by atoms with Gasteiger partial charge in [0.1, 0.15) is 0 Å². The number of aromatic nitrogens is 1. The molecule has 4 nitrogen and oxygen atoms in total. The van der Waals surface area contributed by atoms with Gasteiger partial charge in [-0.15, -0.1) is 0 Å². The van der Waals surface area contributed by atoms with Crippen LogP contribution in [0.5, 0.6) is 0 Å². The highest BCUT2D eigenvalue weighted by Crippen LogP contribution is 2.20. The van der Waals surface area contributed by atoms with E-state index in [0.29, 0.717) is 23.4 Å². The van der Waals surface area contributed by atoms with Crippen molar-refractivity contribution in [2.45, 2.75) is 40.0 Å². The number of carbonyl (C=O) groups is 2. The molecule has 17 heavy (non-hydrogen) atoms. The van der Waals surface area contributed by atoms with Crippen LogP contribution in [0.4, 0.5) is 0 Å². The van der Waals surface area contributed by atoms with Crippen LogP contribution in [-0.2, 0) is 11.2 Å². The zero-order valence-electron chi connectivity index (χ0n) is 10.6. The van der Waals surface area contributed by atoms with Gasteiger partial charge in [0.25, 0.3) is 0 Å². The third-order valence-corrected chi connectivity index (χ3v) is 2.74. The number of ether oxygens (including phenoxy) is 1. The predicted molar refractivity (Wildman–Crippen MR) is 65.5 cm³/mol. The van der Waals surface area contributed by atoms with Crippen LogP contribution in [0.25, 0.3) is 0 Å². The number of aryl methyl sites for hydroxylation is 1. The lowest BCUT2D eigenvalue weighted by molar-refractivity contribution is 0.0524. The van der Waals surface area contributed by atoms with Crippen LogP contribution in [0, 0.1) is 6.92 Å². The van der Waals surface area contributed by atoms with Gasteiger partial charge in [-0.1, -0.05) is 13.3 Å². The average molecular weight is 237 g/mol. The molecule has 0 atom stereocenters. The Kier molecular flexibility index (Phi) is 4.94. The summed E-state index contributed by atoms with van der Waals surface area (Å²) in [7, 11) is 0. The molecule has 0 aliphatic heterocycles. The molecule has 0 aliphatic rings. The highest BCUT2D eigenvalue weighted by molar-refractivity contribution is 5.95. The number of rotatable bonds is 6. The summed E-state index contributed by atoms with van der Waals surface area (Å²) >= 11 is 0. The van der Waals surface area contributed by atoms with Crippen LogP contribution >= 0.6 is 0 Å². The number of hydrogen-bond acceptors (Lipinski definition) is 3. The van der Waals surface area contributed by atoms with E-state index in [0.717, 1.165) is 31.2 Å². The van der Waals surface area contributed by atoms with Gasteiger partial charge in [-0.25, -0.2) is 4.79 Å². The Morgan fingerprint density at radius 3 is 2.65 bits per heavy atom. The smallest absolute Gasteiger partial charge is 0.340 e. The van der Waals surface area contributed by atoms with Crippen molar-refractivity contribution in [3.63, 3.8) is 0 Å². The summed E-state index contributed by atoms with van der Waals surface area (Å²) in [5, 5.41) is 0. The molecule has 0 radical (unpaired) electrons. The molecule has 0 saturated heterocycles. The quantitative estimate of drug-likeness (QED) is 0.611. The molecule has 0 spiro atoms. The van der Waals surface area contributed by atoms with Crippen molar-refractivity contribution in [2.24, 2.45) is 0 Å². The number of hydrogen-bond donors (Lipinski definition) is 1. The zero-order valence-corrected chi connectivity index (χ0v) is 10.6. The molecule has 1 heterocycles. The van der Waals surface area contributed by atoms with Crippen molar-refractivity contribution in [3.8, 4) is 0 Å². The topological polar surface area (TPSA) is 59.2 Å². The van der Waals surface area contributed by atoms with Crippen LogP contribution in [0.1, 0.15) is 58.8 Å². The van der Waals surface area contributed by atoms with Gasteiger partial charge in [0.15, 0.2) is 6.29 Å². The van der Waals surface area contributed by atoms with Crippen LogP contribution in [0.2, 0.25) is 0 Å². The van der Waals surface area contributed by atoms with E-state index in [1.165, 1.54) is 0 Å². The minimum absolute atomic E-state index is 0.340. The molecule has 4 heteroatoms. The van der Waals surface area contributed by atoms with Crippen molar-refractivity contribution >= 4 is 12.3 Å². The summed E-state index contributed by atoms with van der Waals surface area (Å²) in [6.45, 7) is 5.96. The van der Waals surface area contributed by atoms with Crippen molar-refractivity contribution in [1.29, 1.82) is 0 Å². The fraction of sp³-hybridized carbons (Fsp3) is 0.538. The molecule has 0 saturated carbocycles. The van der Waals surface area contributed by atoms with E-state index in [4.69, 9.17) is 4.74 Å². The SMILES string of the molecule is CCCCc1[nH]c(C=O)c(C)c1C(=O)OCC. The molecular formula is C13H19NO3. The molecule has 0 aromatic carbocycles. The Morgan fingerprint density at radius 2 is 2.12 bits per heavy atom.